The Morgan fingerprint density at radius 3 is 2.54 bits per heavy atom. The van der Waals surface area contributed by atoms with Crippen LogP contribution < -0.4 is 4.90 Å². The molecule has 1 aromatic heterocycles. The molecule has 2 aromatic rings. The molecule has 0 aliphatic carbocycles. The van der Waals surface area contributed by atoms with Crippen molar-refractivity contribution in [2.24, 2.45) is 10.9 Å². The van der Waals surface area contributed by atoms with Gasteiger partial charge in [0.15, 0.2) is 6.29 Å². The van der Waals surface area contributed by atoms with E-state index in [0.717, 1.165) is 6.07 Å². The molecule has 0 N–H and O–H groups in total. The minimum atomic E-state index is -4.49. The maximum absolute atomic E-state index is 13.4. The minimum absolute atomic E-state index is 0.0830. The molecular weight excluding hydrogens is 379 g/mol. The molecule has 0 amide bonds. The van der Waals surface area contributed by atoms with E-state index in [1.54, 1.807) is 40.4 Å². The Hall–Kier alpha value is -2.55. The van der Waals surface area contributed by atoms with Crippen molar-refractivity contribution in [3.8, 4) is 0 Å². The second-order valence-corrected chi connectivity index (χ2v) is 6.87. The van der Waals surface area contributed by atoms with Gasteiger partial charge in [-0.05, 0) is 23.8 Å². The molecule has 1 atom stereocenters. The lowest BCUT2D eigenvalue weighted by atomic mass is 10.0. The van der Waals surface area contributed by atoms with Crippen molar-refractivity contribution >= 4 is 12.0 Å². The largest absolute Gasteiger partial charge is 0.416 e. The molecule has 148 valence electrons. The summed E-state index contributed by atoms with van der Waals surface area (Å²) in [5, 5.41) is 0. The molecule has 4 rings (SSSR count). The van der Waals surface area contributed by atoms with Crippen molar-refractivity contribution in [3.05, 3.63) is 59.3 Å². The van der Waals surface area contributed by atoms with E-state index in [1.165, 1.54) is 12.1 Å². The van der Waals surface area contributed by atoms with Crippen LogP contribution >= 0.6 is 0 Å². The van der Waals surface area contributed by atoms with E-state index in [9.17, 15) is 22.0 Å². The van der Waals surface area contributed by atoms with Crippen LogP contribution in [-0.4, -0.2) is 41.9 Å². The fourth-order valence-electron chi connectivity index (χ4n) is 3.55. The maximum Gasteiger partial charge on any atom is 0.416 e. The van der Waals surface area contributed by atoms with E-state index >= 15 is 0 Å². The zero-order chi connectivity index (χ0) is 19.9. The quantitative estimate of drug-likeness (QED) is 0.732. The van der Waals surface area contributed by atoms with Gasteiger partial charge in [0, 0.05) is 43.5 Å². The van der Waals surface area contributed by atoms with Gasteiger partial charge in [0.25, 0.3) is 0 Å². The molecule has 1 fully saturated rings. The van der Waals surface area contributed by atoms with Crippen LogP contribution in [-0.2, 0) is 12.7 Å². The second-order valence-electron chi connectivity index (χ2n) is 6.87. The summed E-state index contributed by atoms with van der Waals surface area (Å²) >= 11 is 0. The van der Waals surface area contributed by atoms with E-state index in [1.807, 2.05) is 0 Å². The number of nitrogens with zero attached hydrogens (tertiary/aromatic N) is 4. The van der Waals surface area contributed by atoms with Crippen LogP contribution in [0.4, 0.5) is 27.8 Å². The first kappa shape index (κ1) is 18.8. The molecule has 1 aromatic carbocycles. The fourth-order valence-corrected chi connectivity index (χ4v) is 3.55. The number of likely N-dealkylation sites (tertiary alicyclic amines) is 1. The first-order valence-electron chi connectivity index (χ1n) is 8.77. The Kier molecular flexibility index (Phi) is 4.78. The van der Waals surface area contributed by atoms with Crippen LogP contribution in [0.2, 0.25) is 0 Å². The third kappa shape index (κ3) is 3.46. The Bertz CT molecular complexity index is 877. The molecule has 1 saturated heterocycles. The standard InChI is InChI=1S/C19H17F5N4/c20-16(21)14-9-27(10-14)18-26-8-12-5-3-7-25-17(12)28(18)11-13-4-1-2-6-15(13)19(22,23)24/h1-8,14,16,18H,9-11H2. The zero-order valence-corrected chi connectivity index (χ0v) is 14.7. The number of hydrogen-bond donors (Lipinski definition) is 0. The van der Waals surface area contributed by atoms with E-state index < -0.39 is 30.4 Å². The van der Waals surface area contributed by atoms with Gasteiger partial charge in [-0.25, -0.2) is 13.8 Å². The molecule has 0 spiro atoms. The van der Waals surface area contributed by atoms with Crippen molar-refractivity contribution in [1.29, 1.82) is 0 Å². The molecule has 1 unspecified atom stereocenters. The summed E-state index contributed by atoms with van der Waals surface area (Å²) in [6.07, 6.45) is -4.44. The molecule has 2 aliphatic rings. The van der Waals surface area contributed by atoms with Gasteiger partial charge in [0.2, 0.25) is 6.43 Å². The highest BCUT2D eigenvalue weighted by Crippen LogP contribution is 2.36. The number of rotatable bonds is 4. The first-order valence-corrected chi connectivity index (χ1v) is 8.77. The number of aromatic nitrogens is 1. The number of benzene rings is 1. The van der Waals surface area contributed by atoms with Gasteiger partial charge in [-0.15, -0.1) is 0 Å². The topological polar surface area (TPSA) is 31.7 Å². The van der Waals surface area contributed by atoms with Gasteiger partial charge in [-0.2, -0.15) is 13.2 Å². The Labute approximate surface area is 158 Å². The smallest absolute Gasteiger partial charge is 0.317 e. The van der Waals surface area contributed by atoms with Crippen molar-refractivity contribution in [2.45, 2.75) is 25.4 Å². The normalized spacial score (nSPS) is 20.4. The number of halogens is 5. The number of anilines is 1. The highest BCUT2D eigenvalue weighted by Gasteiger charge is 2.42. The number of hydrogen-bond acceptors (Lipinski definition) is 4. The number of pyridine rings is 1. The lowest BCUT2D eigenvalue weighted by Gasteiger charge is -2.47. The summed E-state index contributed by atoms with van der Waals surface area (Å²) in [5.74, 6) is -0.260. The fraction of sp³-hybridized carbons (Fsp3) is 0.368. The van der Waals surface area contributed by atoms with Gasteiger partial charge in [-0.1, -0.05) is 18.2 Å². The lowest BCUT2D eigenvalue weighted by Crippen LogP contribution is -2.60. The van der Waals surface area contributed by atoms with Crippen molar-refractivity contribution in [1.82, 2.24) is 9.88 Å². The van der Waals surface area contributed by atoms with Gasteiger partial charge in [-0.3, -0.25) is 9.89 Å². The second kappa shape index (κ2) is 7.12. The zero-order valence-electron chi connectivity index (χ0n) is 14.7. The highest BCUT2D eigenvalue weighted by atomic mass is 19.4. The maximum atomic E-state index is 13.4. The van der Waals surface area contributed by atoms with Gasteiger partial charge in [0.1, 0.15) is 5.82 Å². The van der Waals surface area contributed by atoms with E-state index in [2.05, 4.69) is 9.98 Å². The molecule has 9 heteroatoms. The van der Waals surface area contributed by atoms with Crippen LogP contribution in [0.3, 0.4) is 0 Å². The van der Waals surface area contributed by atoms with Crippen molar-refractivity contribution < 1.29 is 22.0 Å². The Morgan fingerprint density at radius 1 is 1.07 bits per heavy atom. The monoisotopic (exact) mass is 396 g/mol. The third-order valence-electron chi connectivity index (χ3n) is 5.00. The van der Waals surface area contributed by atoms with E-state index in [4.69, 9.17) is 0 Å². The van der Waals surface area contributed by atoms with Crippen molar-refractivity contribution in [3.63, 3.8) is 0 Å². The predicted molar refractivity (Wildman–Crippen MR) is 94.3 cm³/mol. The highest BCUT2D eigenvalue weighted by molar-refractivity contribution is 5.88. The van der Waals surface area contributed by atoms with Gasteiger partial charge >= 0.3 is 6.18 Å². The first-order chi connectivity index (χ1) is 13.3. The summed E-state index contributed by atoms with van der Waals surface area (Å²) in [6, 6.07) is 8.81. The van der Waals surface area contributed by atoms with Crippen LogP contribution in [0.1, 0.15) is 16.7 Å². The Balaban J connectivity index is 1.67. The molecule has 4 nitrogen and oxygen atoms in total. The molecule has 28 heavy (non-hydrogen) atoms. The number of aliphatic imine (C=N–C) groups is 1. The SMILES string of the molecule is FC(F)C1CN(C2N=Cc3cccnc3N2Cc2ccccc2C(F)(F)F)C1. The summed E-state index contributed by atoms with van der Waals surface area (Å²) in [6.45, 7) is 0.191. The summed E-state index contributed by atoms with van der Waals surface area (Å²) < 4.78 is 66.0. The molecule has 0 bridgehead atoms. The van der Waals surface area contributed by atoms with E-state index in [-0.39, 0.29) is 25.2 Å². The summed E-state index contributed by atoms with van der Waals surface area (Å²) in [4.78, 5) is 12.1. The predicted octanol–water partition coefficient (Wildman–Crippen LogP) is 4.02. The third-order valence-corrected chi connectivity index (χ3v) is 5.00. The summed E-state index contributed by atoms with van der Waals surface area (Å²) in [7, 11) is 0. The van der Waals surface area contributed by atoms with Crippen LogP contribution in [0.5, 0.6) is 0 Å². The van der Waals surface area contributed by atoms with Gasteiger partial charge < -0.3 is 4.90 Å². The average Bonchev–Trinajstić information content (AvgIpc) is 2.61. The summed E-state index contributed by atoms with van der Waals surface area (Å²) in [5.41, 5.74) is 0.0312. The molecule has 0 saturated carbocycles. The minimum Gasteiger partial charge on any atom is -0.317 e. The van der Waals surface area contributed by atoms with Gasteiger partial charge in [0.05, 0.1) is 5.56 Å². The van der Waals surface area contributed by atoms with Crippen LogP contribution in [0, 0.1) is 5.92 Å². The van der Waals surface area contributed by atoms with E-state index in [0.29, 0.717) is 11.4 Å². The average molecular weight is 396 g/mol. The number of alkyl halides is 5. The van der Waals surface area contributed by atoms with Crippen molar-refractivity contribution in [2.75, 3.05) is 18.0 Å². The molecule has 2 aliphatic heterocycles. The Morgan fingerprint density at radius 2 is 1.82 bits per heavy atom. The molecular formula is C19H17F5N4. The van der Waals surface area contributed by atoms with Crippen LogP contribution in [0.15, 0.2) is 47.6 Å². The molecule has 0 radical (unpaired) electrons. The lowest BCUT2D eigenvalue weighted by molar-refractivity contribution is -0.138. The van der Waals surface area contributed by atoms with Crippen LogP contribution in [0.25, 0.3) is 0 Å². The molecule has 3 heterocycles. The number of fused-ring (bicyclic) bond motifs is 1.